The van der Waals surface area contributed by atoms with Crippen LogP contribution in [0.5, 0.6) is 0 Å². The standard InChI is InChI=1S/C20H33N3O4S.C16H25N3O3.C14H26N2O4S.C10H17NO4.C6H6N.C4H11NOS.Li.H2S/c1-14-8-9-15(21-12-14)17(22-28(25)20(5,6)7)16-13-23(10-11-26-16)18(24)27-19(2,3)4;1-11-5-6-12(18-9-11)14(17)13-10-19(7-8-21-13)15(20)22-16(2,3)4;1-13(2,3)20-12(17)16-7-8-19-11(10-16)9-15-21(18)14(4,5)6;1-10(2,3)15-9(13)11-4-5-14-8(6-11)7-12;1-6-3-2-4-7-5-6;1-4(2,3)7(5)6;;/h8-9,12,16-17,22H,10-11,13H2,1-7H3;5-6,9,13-14H,7-8,10,17H2,1-4H3;9,11H,7-8,10H2,1-6H3;7-8H,4-6H2,1-3H3;2-3,5H,1H3;5H2,1-3H3;;1H2/q;;;;-1;;+1;/t16-,17?,28+;13-,14?;11-,21-;8-;;7-;;/m1101.0../s1. The van der Waals surface area contributed by atoms with Gasteiger partial charge in [-0.1, -0.05) is 31.5 Å². The zero-order valence-corrected chi connectivity index (χ0v) is 68.7. The van der Waals surface area contributed by atoms with Gasteiger partial charge in [-0.05, 0) is 183 Å². The van der Waals surface area contributed by atoms with Crippen LogP contribution in [-0.2, 0) is 75.6 Å². The number of hydrogen-bond acceptors (Lipinski definition) is 20. The molecule has 3 aromatic rings. The molecule has 4 aliphatic rings. The number of amides is 4. The van der Waals surface area contributed by atoms with Gasteiger partial charge in [0.2, 0.25) is 0 Å². The first-order chi connectivity index (χ1) is 45.9. The van der Waals surface area contributed by atoms with Crippen molar-refractivity contribution in [3.63, 3.8) is 0 Å². The van der Waals surface area contributed by atoms with Crippen molar-refractivity contribution in [2.45, 2.75) is 239 Å². The van der Waals surface area contributed by atoms with Crippen molar-refractivity contribution in [2.75, 3.05) is 78.8 Å². The van der Waals surface area contributed by atoms with E-state index in [-0.39, 0.29) is 86.3 Å². The molecule has 0 spiro atoms. The van der Waals surface area contributed by atoms with E-state index in [4.69, 9.17) is 48.8 Å². The molecule has 9 atom stereocenters. The molecule has 5 N–H and O–H groups in total. The second kappa shape index (κ2) is 44.2. The fraction of sp³-hybridized carbons (Fsp3) is 0.700. The fourth-order valence-corrected chi connectivity index (χ4v) is 9.51. The molecular weight excluding hydrogens is 1390 g/mol. The van der Waals surface area contributed by atoms with E-state index in [2.05, 4.69) is 30.3 Å². The molecule has 4 aliphatic heterocycles. The number of carbonyl (C=O) groups excluding carboxylic acids is 5. The van der Waals surface area contributed by atoms with Crippen molar-refractivity contribution < 1.29 is 93.4 Å². The van der Waals surface area contributed by atoms with Gasteiger partial charge in [-0.3, -0.25) is 15.1 Å². The molecule has 0 aromatic carbocycles. The van der Waals surface area contributed by atoms with Crippen LogP contribution < -0.4 is 34.5 Å². The largest absolute Gasteiger partial charge is 1.00 e. The molecule has 7 rings (SSSR count). The van der Waals surface area contributed by atoms with Crippen molar-refractivity contribution in [3.05, 3.63) is 89.3 Å². The van der Waals surface area contributed by atoms with E-state index in [0.29, 0.717) is 78.5 Å². The zero-order chi connectivity index (χ0) is 76.4. The molecule has 0 radical (unpaired) electrons. The van der Waals surface area contributed by atoms with Crippen LogP contribution in [0.15, 0.2) is 59.4 Å². The van der Waals surface area contributed by atoms with Gasteiger partial charge in [0.15, 0.2) is 6.29 Å². The Morgan fingerprint density at radius 3 is 1.25 bits per heavy atom. The maximum atomic E-state index is 12.8. The molecule has 4 fully saturated rings. The van der Waals surface area contributed by atoms with Gasteiger partial charge < -0.3 is 73.0 Å². The summed E-state index contributed by atoms with van der Waals surface area (Å²) in [7, 11) is -3.82. The van der Waals surface area contributed by atoms with Crippen LogP contribution in [0.25, 0.3) is 0 Å². The maximum absolute atomic E-state index is 12.8. The number of nitrogens with one attached hydrogen (secondary N) is 1. The summed E-state index contributed by atoms with van der Waals surface area (Å²) in [5.41, 5.74) is 8.95. The molecule has 4 amide bonds. The first-order valence-electron chi connectivity index (χ1n) is 33.4. The number of hydrogen-bond donors (Lipinski definition) is 3. The Kier molecular flexibility index (Phi) is 42.0. The number of morpholine rings is 4. The van der Waals surface area contributed by atoms with E-state index in [0.717, 1.165) is 22.5 Å². The number of rotatable bonds is 9. The predicted octanol–water partition coefficient (Wildman–Crippen LogP) is 6.84. The number of aromatic nitrogens is 3. The molecule has 3 aromatic heterocycles. The Bertz CT molecular complexity index is 3100. The normalized spacial score (nSPS) is 19.7. The van der Waals surface area contributed by atoms with Crippen LogP contribution in [0.1, 0.15) is 186 Å². The third-order valence-corrected chi connectivity index (χ3v) is 17.6. The van der Waals surface area contributed by atoms with Crippen molar-refractivity contribution in [3.8, 4) is 0 Å². The summed E-state index contributed by atoms with van der Waals surface area (Å²) in [6, 6.07) is 10.7. The topological polar surface area (TPSA) is 338 Å². The minimum Gasteiger partial charge on any atom is -0.444 e. The van der Waals surface area contributed by atoms with Crippen LogP contribution >= 0.6 is 13.5 Å². The van der Waals surface area contributed by atoms with Crippen LogP contribution in [0, 0.1) is 27.0 Å². The third kappa shape index (κ3) is 40.5. The van der Waals surface area contributed by atoms with Gasteiger partial charge in [0.25, 0.3) is 0 Å². The van der Waals surface area contributed by atoms with Crippen LogP contribution in [0.4, 0.5) is 19.2 Å². The average molecular weight is 1510 g/mol. The second-order valence-electron chi connectivity index (χ2n) is 31.0. The summed E-state index contributed by atoms with van der Waals surface area (Å²) in [5, 5.41) is 5.04. The molecule has 32 heteroatoms. The van der Waals surface area contributed by atoms with Gasteiger partial charge in [0.1, 0.15) is 45.6 Å². The number of nitrogens with two attached hydrogens (primary N) is 2. The van der Waals surface area contributed by atoms with Crippen molar-refractivity contribution >= 4 is 83.3 Å². The van der Waals surface area contributed by atoms with Crippen LogP contribution in [0.3, 0.4) is 0 Å². The van der Waals surface area contributed by atoms with Crippen LogP contribution in [0.2, 0.25) is 0 Å². The van der Waals surface area contributed by atoms with Gasteiger partial charge in [-0.2, -0.15) is 30.0 Å². The number of carbonyl (C=O) groups is 5. The first kappa shape index (κ1) is 97.0. The molecular formula is C70H120LiN11O16S4. The van der Waals surface area contributed by atoms with Crippen molar-refractivity contribution in [1.29, 1.82) is 0 Å². The molecule has 0 aliphatic carbocycles. The molecule has 576 valence electrons. The van der Waals surface area contributed by atoms with E-state index in [1.54, 1.807) is 39.4 Å². The SMILES string of the molecule is CC(C)(C)OC(=O)N1CCO[C@@H](C=N[S@@](=O)C(C)(C)C)C1.CC(C)(C)OC(=O)N1CCO[C@@H](C=O)C1.CC(C)(C)[S@@](N)=O.Cc1cc[c-]nc1.Cc1ccc(C(N)[C@H]2CN(C(=O)OC(C)(C)C)CCO2)nc1.Cc1ccc(C(N[S@@](=O)C(C)(C)C)[C@H]2CN(C(=O)OC(C)(C)C)CCO2)nc1.S.[Li+]. The van der Waals surface area contributed by atoms with E-state index < -0.39 is 83.1 Å². The van der Waals surface area contributed by atoms with Gasteiger partial charge in [-0.15, -0.1) is 5.56 Å². The minimum absolute atomic E-state index is 0. The molecule has 7 heterocycles. The Morgan fingerprint density at radius 2 is 0.912 bits per heavy atom. The Labute approximate surface area is 634 Å². The molecule has 102 heavy (non-hydrogen) atoms. The van der Waals surface area contributed by atoms with Gasteiger partial charge >= 0.3 is 43.2 Å². The number of pyridine rings is 3. The van der Waals surface area contributed by atoms with E-state index in [9.17, 15) is 36.6 Å². The van der Waals surface area contributed by atoms with E-state index >= 15 is 0 Å². The van der Waals surface area contributed by atoms with E-state index in [1.165, 1.54) is 16.7 Å². The summed E-state index contributed by atoms with van der Waals surface area (Å²) in [4.78, 5) is 77.7. The summed E-state index contributed by atoms with van der Waals surface area (Å²) in [6.45, 7) is 49.7. The van der Waals surface area contributed by atoms with Crippen LogP contribution in [-0.4, -0.2) is 224 Å². The smallest absolute Gasteiger partial charge is 0.444 e. The average Bonchev–Trinajstić information content (AvgIpc) is 0.822. The fourth-order valence-electron chi connectivity index (χ4n) is 8.09. The Balaban J connectivity index is 0.00000126. The minimum atomic E-state index is -1.32. The monoisotopic (exact) mass is 1510 g/mol. The first-order valence-corrected chi connectivity index (χ1v) is 36.9. The summed E-state index contributed by atoms with van der Waals surface area (Å²) in [5.74, 6) is 0. The maximum Gasteiger partial charge on any atom is 1.00 e. The number of aldehydes is 1. The molecule has 2 unspecified atom stereocenters. The van der Waals surface area contributed by atoms with Gasteiger partial charge in [-0.25, -0.2) is 36.5 Å². The Morgan fingerprint density at radius 1 is 0.549 bits per heavy atom. The van der Waals surface area contributed by atoms with Crippen molar-refractivity contribution in [2.24, 2.45) is 15.3 Å². The number of aryl methyl sites for hydroxylation is 3. The van der Waals surface area contributed by atoms with Crippen molar-refractivity contribution in [1.82, 2.24) is 39.3 Å². The Hall–Kier alpha value is -5.01. The van der Waals surface area contributed by atoms with E-state index in [1.807, 2.05) is 197 Å². The molecule has 27 nitrogen and oxygen atoms in total. The molecule has 0 bridgehead atoms. The summed E-state index contributed by atoms with van der Waals surface area (Å²) >= 11 is 0. The predicted molar refractivity (Wildman–Crippen MR) is 402 cm³/mol. The summed E-state index contributed by atoms with van der Waals surface area (Å²) in [6.07, 6.45) is 7.26. The molecule has 4 saturated heterocycles. The van der Waals surface area contributed by atoms with Gasteiger partial charge in [0, 0.05) is 44.8 Å². The molecule has 0 saturated carbocycles. The van der Waals surface area contributed by atoms with Gasteiger partial charge in [0.05, 0.1) is 124 Å². The number of ether oxygens (including phenoxy) is 8. The quantitative estimate of drug-likeness (QED) is 0.0649. The number of nitrogens with zero attached hydrogens (tertiary/aromatic N) is 8. The zero-order valence-electron chi connectivity index (χ0n) is 65.3. The summed E-state index contributed by atoms with van der Waals surface area (Å²) < 4.78 is 84.8. The third-order valence-electron chi connectivity index (χ3n) is 13.4. The second-order valence-corrected chi connectivity index (χ2v) is 36.7.